The van der Waals surface area contributed by atoms with Crippen LogP contribution < -0.4 is 4.74 Å². The molecule has 0 unspecified atom stereocenters. The average Bonchev–Trinajstić information content (AvgIpc) is 2.44. The third-order valence-electron chi connectivity index (χ3n) is 3.38. The molecule has 0 aliphatic carbocycles. The van der Waals surface area contributed by atoms with Gasteiger partial charge in [-0.3, -0.25) is 4.79 Å². The van der Waals surface area contributed by atoms with Crippen molar-refractivity contribution < 1.29 is 9.53 Å². The van der Waals surface area contributed by atoms with Crippen LogP contribution in [0.25, 0.3) is 0 Å². The lowest BCUT2D eigenvalue weighted by Gasteiger charge is -2.05. The first-order valence-electron chi connectivity index (χ1n) is 6.65. The maximum atomic E-state index is 12.1. The monoisotopic (exact) mass is 269 g/mol. The van der Waals surface area contributed by atoms with Crippen molar-refractivity contribution in [2.24, 2.45) is 0 Å². The molecule has 0 amide bonds. The topological polar surface area (TPSA) is 39.2 Å². The van der Waals surface area contributed by atoms with Gasteiger partial charge in [0.15, 0.2) is 0 Å². The summed E-state index contributed by atoms with van der Waals surface area (Å²) in [7, 11) is 1.58. The number of Topliss-reactive ketones (excluding diaryl/α,β-unsaturated/α-hetero) is 1. The van der Waals surface area contributed by atoms with Crippen LogP contribution >= 0.6 is 0 Å². The van der Waals surface area contributed by atoms with Crippen molar-refractivity contribution >= 4 is 5.78 Å². The number of aryl methyl sites for hydroxylation is 2. The van der Waals surface area contributed by atoms with E-state index in [0.29, 0.717) is 18.7 Å². The maximum absolute atomic E-state index is 12.1. The molecule has 0 bridgehead atoms. The summed E-state index contributed by atoms with van der Waals surface area (Å²) in [5.41, 5.74) is 4.46. The van der Waals surface area contributed by atoms with Crippen LogP contribution in [0.2, 0.25) is 0 Å². The third-order valence-corrected chi connectivity index (χ3v) is 3.38. The van der Waals surface area contributed by atoms with Crippen molar-refractivity contribution in [3.8, 4) is 5.88 Å². The Morgan fingerprint density at radius 2 is 1.75 bits per heavy atom. The highest BCUT2D eigenvalue weighted by Gasteiger charge is 2.07. The summed E-state index contributed by atoms with van der Waals surface area (Å²) < 4.78 is 5.00. The van der Waals surface area contributed by atoms with Gasteiger partial charge in [-0.2, -0.15) is 0 Å². The summed E-state index contributed by atoms with van der Waals surface area (Å²) in [5, 5.41) is 0. The number of ether oxygens (including phenoxy) is 1. The first-order valence-corrected chi connectivity index (χ1v) is 6.65. The Hall–Kier alpha value is -2.16. The molecule has 0 aliphatic rings. The number of methoxy groups -OCH3 is 1. The van der Waals surface area contributed by atoms with E-state index in [4.69, 9.17) is 4.74 Å². The molecule has 2 rings (SSSR count). The van der Waals surface area contributed by atoms with Gasteiger partial charge in [0, 0.05) is 25.1 Å². The number of rotatable bonds is 5. The van der Waals surface area contributed by atoms with E-state index in [1.807, 2.05) is 12.1 Å². The van der Waals surface area contributed by atoms with Gasteiger partial charge in [-0.05, 0) is 36.1 Å². The van der Waals surface area contributed by atoms with Gasteiger partial charge >= 0.3 is 0 Å². The molecule has 0 fully saturated rings. The zero-order valence-corrected chi connectivity index (χ0v) is 12.1. The number of benzene rings is 1. The van der Waals surface area contributed by atoms with Crippen LogP contribution in [0.4, 0.5) is 0 Å². The van der Waals surface area contributed by atoms with Gasteiger partial charge in [-0.1, -0.05) is 24.3 Å². The lowest BCUT2D eigenvalue weighted by molar-refractivity contribution is -0.117. The first kappa shape index (κ1) is 14.3. The van der Waals surface area contributed by atoms with Crippen LogP contribution in [-0.4, -0.2) is 17.9 Å². The van der Waals surface area contributed by atoms with Gasteiger partial charge in [0.2, 0.25) is 5.88 Å². The fourth-order valence-electron chi connectivity index (χ4n) is 2.07. The minimum atomic E-state index is 0.195. The van der Waals surface area contributed by atoms with E-state index in [1.54, 1.807) is 19.4 Å². The summed E-state index contributed by atoms with van der Waals surface area (Å²) in [6.45, 7) is 4.14. The Bertz CT molecular complexity index is 603. The van der Waals surface area contributed by atoms with Crippen molar-refractivity contribution in [2.45, 2.75) is 26.7 Å². The van der Waals surface area contributed by atoms with Crippen molar-refractivity contribution in [2.75, 3.05) is 7.11 Å². The summed E-state index contributed by atoms with van der Waals surface area (Å²) in [6, 6.07) is 9.82. The molecule has 0 aliphatic heterocycles. The zero-order valence-electron chi connectivity index (χ0n) is 12.1. The highest BCUT2D eigenvalue weighted by Crippen LogP contribution is 2.12. The molecule has 0 atom stereocenters. The molecule has 0 N–H and O–H groups in total. The predicted octanol–water partition coefficient (Wildman–Crippen LogP) is 3.06. The average molecular weight is 269 g/mol. The normalized spacial score (nSPS) is 10.3. The molecule has 0 radical (unpaired) electrons. The minimum Gasteiger partial charge on any atom is -0.481 e. The smallest absolute Gasteiger partial charge is 0.212 e. The fourth-order valence-corrected chi connectivity index (χ4v) is 2.07. The molecule has 0 spiro atoms. The van der Waals surface area contributed by atoms with Gasteiger partial charge in [-0.25, -0.2) is 4.98 Å². The molecule has 2 aromatic rings. The number of carbonyl (C=O) groups is 1. The molecule has 0 saturated heterocycles. The minimum absolute atomic E-state index is 0.195. The number of nitrogens with zero attached hydrogens (tertiary/aromatic N) is 1. The molecular formula is C17H19NO2. The standard InChI is InChI=1S/C17H19NO2/c1-12-4-5-14(8-13(12)2)9-16(19)10-15-6-7-17(20-3)18-11-15/h4-8,11H,9-10H2,1-3H3. The highest BCUT2D eigenvalue weighted by molar-refractivity contribution is 5.83. The van der Waals surface area contributed by atoms with E-state index < -0.39 is 0 Å². The molecule has 1 aromatic heterocycles. The Balaban J connectivity index is 1.99. The molecule has 1 aromatic carbocycles. The Morgan fingerprint density at radius 3 is 2.35 bits per heavy atom. The van der Waals surface area contributed by atoms with Crippen molar-refractivity contribution in [3.05, 3.63) is 58.8 Å². The number of carbonyl (C=O) groups excluding carboxylic acids is 1. The fraction of sp³-hybridized carbons (Fsp3) is 0.294. The van der Waals surface area contributed by atoms with E-state index in [2.05, 4.69) is 31.0 Å². The van der Waals surface area contributed by atoms with Gasteiger partial charge in [-0.15, -0.1) is 0 Å². The van der Waals surface area contributed by atoms with Crippen LogP contribution in [0.5, 0.6) is 5.88 Å². The Kier molecular flexibility index (Phi) is 4.51. The van der Waals surface area contributed by atoms with Gasteiger partial charge in [0.05, 0.1) is 7.11 Å². The van der Waals surface area contributed by atoms with Crippen molar-refractivity contribution in [1.82, 2.24) is 4.98 Å². The number of ketones is 1. The Morgan fingerprint density at radius 1 is 1.05 bits per heavy atom. The van der Waals surface area contributed by atoms with E-state index in [0.717, 1.165) is 11.1 Å². The van der Waals surface area contributed by atoms with Crippen LogP contribution in [-0.2, 0) is 17.6 Å². The second-order valence-electron chi connectivity index (χ2n) is 5.02. The largest absolute Gasteiger partial charge is 0.481 e. The second kappa shape index (κ2) is 6.33. The number of pyridine rings is 1. The molecule has 3 nitrogen and oxygen atoms in total. The lowest BCUT2D eigenvalue weighted by atomic mass is 10.0. The molecule has 1 heterocycles. The number of hydrogen-bond donors (Lipinski definition) is 0. The van der Waals surface area contributed by atoms with E-state index >= 15 is 0 Å². The summed E-state index contributed by atoms with van der Waals surface area (Å²) in [5.74, 6) is 0.760. The summed E-state index contributed by atoms with van der Waals surface area (Å²) in [6.07, 6.45) is 2.56. The zero-order chi connectivity index (χ0) is 14.5. The van der Waals surface area contributed by atoms with E-state index in [-0.39, 0.29) is 5.78 Å². The third kappa shape index (κ3) is 3.67. The van der Waals surface area contributed by atoms with Gasteiger partial charge < -0.3 is 4.74 Å². The lowest BCUT2D eigenvalue weighted by Crippen LogP contribution is -2.07. The molecule has 0 saturated carbocycles. The summed E-state index contributed by atoms with van der Waals surface area (Å²) >= 11 is 0. The van der Waals surface area contributed by atoms with Crippen LogP contribution in [0.1, 0.15) is 22.3 Å². The predicted molar refractivity (Wildman–Crippen MR) is 79.1 cm³/mol. The first-order chi connectivity index (χ1) is 9.58. The Labute approximate surface area is 119 Å². The van der Waals surface area contributed by atoms with Crippen LogP contribution in [0.15, 0.2) is 36.5 Å². The van der Waals surface area contributed by atoms with Crippen LogP contribution in [0.3, 0.4) is 0 Å². The maximum Gasteiger partial charge on any atom is 0.212 e. The molecule has 3 heteroatoms. The molecule has 104 valence electrons. The highest BCUT2D eigenvalue weighted by atomic mass is 16.5. The van der Waals surface area contributed by atoms with E-state index in [1.165, 1.54) is 11.1 Å². The van der Waals surface area contributed by atoms with Crippen molar-refractivity contribution in [3.63, 3.8) is 0 Å². The number of aromatic nitrogens is 1. The number of hydrogen-bond acceptors (Lipinski definition) is 3. The molecule has 20 heavy (non-hydrogen) atoms. The van der Waals surface area contributed by atoms with Crippen molar-refractivity contribution in [1.29, 1.82) is 0 Å². The quantitative estimate of drug-likeness (QED) is 0.837. The molecular weight excluding hydrogens is 250 g/mol. The van der Waals surface area contributed by atoms with Gasteiger partial charge in [0.25, 0.3) is 0 Å². The second-order valence-corrected chi connectivity index (χ2v) is 5.02. The van der Waals surface area contributed by atoms with E-state index in [9.17, 15) is 4.79 Å². The van der Waals surface area contributed by atoms with Gasteiger partial charge in [0.1, 0.15) is 5.78 Å². The van der Waals surface area contributed by atoms with Crippen LogP contribution in [0, 0.1) is 13.8 Å². The SMILES string of the molecule is COc1ccc(CC(=O)Cc2ccc(C)c(C)c2)cn1. The summed E-state index contributed by atoms with van der Waals surface area (Å²) in [4.78, 5) is 16.2.